The van der Waals surface area contributed by atoms with Crippen molar-refractivity contribution in [2.75, 3.05) is 7.11 Å². The molecule has 1 aromatic carbocycles. The highest BCUT2D eigenvalue weighted by molar-refractivity contribution is 5.80. The van der Waals surface area contributed by atoms with Crippen molar-refractivity contribution in [1.82, 2.24) is 9.78 Å². The molecule has 0 spiro atoms. The van der Waals surface area contributed by atoms with Crippen molar-refractivity contribution in [3.63, 3.8) is 0 Å². The van der Waals surface area contributed by atoms with Crippen LogP contribution < -0.4 is 5.73 Å². The van der Waals surface area contributed by atoms with Gasteiger partial charge in [0.25, 0.3) is 0 Å². The second-order valence-electron chi connectivity index (χ2n) is 5.11. The van der Waals surface area contributed by atoms with Gasteiger partial charge in [-0.25, -0.2) is 0 Å². The van der Waals surface area contributed by atoms with Crippen LogP contribution in [0.25, 0.3) is 10.9 Å². The molecule has 0 radical (unpaired) electrons. The third-order valence-corrected chi connectivity index (χ3v) is 3.29. The monoisotopic (exact) mass is 261 g/mol. The molecule has 0 amide bonds. The number of carbonyl (C=O) groups is 1. The molecule has 0 fully saturated rings. The summed E-state index contributed by atoms with van der Waals surface area (Å²) in [6.07, 6.45) is 2.28. The van der Waals surface area contributed by atoms with Crippen LogP contribution in [0.2, 0.25) is 0 Å². The van der Waals surface area contributed by atoms with Crippen molar-refractivity contribution in [2.45, 2.75) is 31.8 Å². The van der Waals surface area contributed by atoms with Gasteiger partial charge in [-0.3, -0.25) is 9.48 Å². The van der Waals surface area contributed by atoms with Crippen molar-refractivity contribution in [2.24, 2.45) is 5.73 Å². The van der Waals surface area contributed by atoms with Crippen molar-refractivity contribution in [3.8, 4) is 0 Å². The van der Waals surface area contributed by atoms with Crippen molar-refractivity contribution < 1.29 is 9.53 Å². The van der Waals surface area contributed by atoms with Crippen LogP contribution in [0, 0.1) is 0 Å². The first kappa shape index (κ1) is 13.5. The lowest BCUT2D eigenvalue weighted by Crippen LogP contribution is -2.47. The van der Waals surface area contributed by atoms with Crippen LogP contribution in [0.4, 0.5) is 0 Å². The quantitative estimate of drug-likeness (QED) is 0.853. The summed E-state index contributed by atoms with van der Waals surface area (Å²) in [5, 5.41) is 5.45. The Balaban J connectivity index is 2.25. The highest BCUT2D eigenvalue weighted by Crippen LogP contribution is 2.24. The van der Waals surface area contributed by atoms with Crippen LogP contribution in [0.15, 0.2) is 30.5 Å². The topological polar surface area (TPSA) is 70.1 Å². The molecule has 102 valence electrons. The lowest BCUT2D eigenvalue weighted by atomic mass is 9.95. The fraction of sp³-hybridized carbons (Fsp3) is 0.429. The Morgan fingerprint density at radius 3 is 2.89 bits per heavy atom. The van der Waals surface area contributed by atoms with Crippen LogP contribution in [0.3, 0.4) is 0 Å². The van der Waals surface area contributed by atoms with E-state index in [-0.39, 0.29) is 6.04 Å². The largest absolute Gasteiger partial charge is 0.468 e. The van der Waals surface area contributed by atoms with Gasteiger partial charge in [0.05, 0.1) is 24.9 Å². The molecule has 2 N–H and O–H groups in total. The first-order valence-corrected chi connectivity index (χ1v) is 6.25. The minimum atomic E-state index is -1.01. The summed E-state index contributed by atoms with van der Waals surface area (Å²) in [7, 11) is 1.35. The molecule has 0 saturated carbocycles. The molecule has 1 aromatic heterocycles. The number of carbonyl (C=O) groups excluding carboxylic acids is 1. The number of benzene rings is 1. The minimum absolute atomic E-state index is 0.00833. The fourth-order valence-corrected chi connectivity index (χ4v) is 2.36. The van der Waals surface area contributed by atoms with Crippen LogP contribution >= 0.6 is 0 Å². The van der Waals surface area contributed by atoms with E-state index < -0.39 is 11.5 Å². The number of hydrogen-bond acceptors (Lipinski definition) is 4. The summed E-state index contributed by atoms with van der Waals surface area (Å²) in [5.74, 6) is -0.407. The van der Waals surface area contributed by atoms with E-state index in [4.69, 9.17) is 10.5 Å². The molecule has 0 bridgehead atoms. The smallest absolute Gasteiger partial charge is 0.325 e. The Kier molecular flexibility index (Phi) is 3.57. The van der Waals surface area contributed by atoms with Gasteiger partial charge in [-0.15, -0.1) is 0 Å². The molecule has 19 heavy (non-hydrogen) atoms. The van der Waals surface area contributed by atoms with E-state index in [1.807, 2.05) is 42.1 Å². The van der Waals surface area contributed by atoms with Gasteiger partial charge in [-0.2, -0.15) is 5.10 Å². The van der Waals surface area contributed by atoms with Gasteiger partial charge in [0.15, 0.2) is 0 Å². The fourth-order valence-electron chi connectivity index (χ4n) is 2.36. The second-order valence-corrected chi connectivity index (χ2v) is 5.11. The van der Waals surface area contributed by atoms with Crippen LogP contribution in [-0.4, -0.2) is 28.4 Å². The van der Waals surface area contributed by atoms with E-state index in [9.17, 15) is 4.79 Å². The summed E-state index contributed by atoms with van der Waals surface area (Å²) in [6.45, 7) is 3.68. The molecule has 0 aliphatic rings. The number of aromatic nitrogens is 2. The molecule has 0 aliphatic heterocycles. The summed E-state index contributed by atoms with van der Waals surface area (Å²) >= 11 is 0. The standard InChI is InChI=1S/C14H19N3O2/c1-10(8-14(2,15)13(18)19-3)17-12-7-5-4-6-11(12)9-16-17/h4-7,9-10H,8,15H2,1-3H3. The lowest BCUT2D eigenvalue weighted by molar-refractivity contribution is -0.147. The number of rotatable bonds is 4. The third kappa shape index (κ3) is 2.61. The van der Waals surface area contributed by atoms with Crippen LogP contribution in [-0.2, 0) is 9.53 Å². The Labute approximate surface area is 112 Å². The zero-order valence-corrected chi connectivity index (χ0v) is 11.5. The van der Waals surface area contributed by atoms with Gasteiger partial charge in [-0.05, 0) is 26.3 Å². The molecule has 2 atom stereocenters. The predicted molar refractivity (Wildman–Crippen MR) is 73.7 cm³/mol. The molecular weight excluding hydrogens is 242 g/mol. The number of esters is 1. The summed E-state index contributed by atoms with van der Waals surface area (Å²) in [5.41, 5.74) is 6.03. The highest BCUT2D eigenvalue weighted by atomic mass is 16.5. The van der Waals surface area contributed by atoms with Gasteiger partial charge >= 0.3 is 5.97 Å². The third-order valence-electron chi connectivity index (χ3n) is 3.29. The predicted octanol–water partition coefficient (Wildman–Crippen LogP) is 1.88. The molecule has 2 rings (SSSR count). The Morgan fingerprint density at radius 1 is 1.53 bits per heavy atom. The van der Waals surface area contributed by atoms with Gasteiger partial charge in [-0.1, -0.05) is 18.2 Å². The Hall–Kier alpha value is -1.88. The van der Waals surface area contributed by atoms with E-state index >= 15 is 0 Å². The minimum Gasteiger partial charge on any atom is -0.468 e. The average Bonchev–Trinajstić information content (AvgIpc) is 2.81. The maximum absolute atomic E-state index is 11.6. The van der Waals surface area contributed by atoms with Crippen molar-refractivity contribution in [1.29, 1.82) is 0 Å². The first-order chi connectivity index (χ1) is 8.95. The number of para-hydroxylation sites is 1. The highest BCUT2D eigenvalue weighted by Gasteiger charge is 2.32. The maximum Gasteiger partial charge on any atom is 0.325 e. The van der Waals surface area contributed by atoms with Gasteiger partial charge in [0.2, 0.25) is 0 Å². The summed E-state index contributed by atoms with van der Waals surface area (Å²) in [6, 6.07) is 7.96. The molecule has 0 aliphatic carbocycles. The molecule has 5 heteroatoms. The number of ether oxygens (including phenoxy) is 1. The van der Waals surface area contributed by atoms with E-state index in [0.717, 1.165) is 10.9 Å². The molecule has 1 heterocycles. The number of nitrogens with zero attached hydrogens (tertiary/aromatic N) is 2. The van der Waals surface area contributed by atoms with Crippen molar-refractivity contribution >= 4 is 16.9 Å². The van der Waals surface area contributed by atoms with Gasteiger partial charge < -0.3 is 10.5 Å². The summed E-state index contributed by atoms with van der Waals surface area (Å²) in [4.78, 5) is 11.6. The second kappa shape index (κ2) is 5.01. The molecule has 0 saturated heterocycles. The SMILES string of the molecule is COC(=O)C(C)(N)CC(C)n1ncc2ccccc21. The number of fused-ring (bicyclic) bond motifs is 1. The zero-order chi connectivity index (χ0) is 14.0. The zero-order valence-electron chi connectivity index (χ0n) is 11.5. The summed E-state index contributed by atoms with van der Waals surface area (Å²) < 4.78 is 6.62. The Morgan fingerprint density at radius 2 is 2.21 bits per heavy atom. The van der Waals surface area contributed by atoms with Crippen molar-refractivity contribution in [3.05, 3.63) is 30.5 Å². The molecular formula is C14H19N3O2. The molecule has 2 unspecified atom stereocenters. The molecule has 2 aromatic rings. The lowest BCUT2D eigenvalue weighted by Gasteiger charge is -2.25. The normalized spacial score (nSPS) is 16.0. The van der Waals surface area contributed by atoms with Crippen LogP contribution in [0.5, 0.6) is 0 Å². The number of nitrogens with two attached hydrogens (primary N) is 1. The van der Waals surface area contributed by atoms with E-state index in [0.29, 0.717) is 6.42 Å². The average molecular weight is 261 g/mol. The van der Waals surface area contributed by atoms with Gasteiger partial charge in [0, 0.05) is 5.39 Å². The first-order valence-electron chi connectivity index (χ1n) is 6.25. The molecule has 5 nitrogen and oxygen atoms in total. The van der Waals surface area contributed by atoms with Gasteiger partial charge in [0.1, 0.15) is 5.54 Å². The number of hydrogen-bond donors (Lipinski definition) is 1. The van der Waals surface area contributed by atoms with E-state index in [1.54, 1.807) is 6.92 Å². The van der Waals surface area contributed by atoms with E-state index in [1.165, 1.54) is 7.11 Å². The maximum atomic E-state index is 11.6. The Bertz CT molecular complexity index is 589. The van der Waals surface area contributed by atoms with Crippen LogP contribution in [0.1, 0.15) is 26.3 Å². The van der Waals surface area contributed by atoms with E-state index in [2.05, 4.69) is 5.10 Å². The number of methoxy groups -OCH3 is 1.